The van der Waals surface area contributed by atoms with Gasteiger partial charge < -0.3 is 0 Å². The van der Waals surface area contributed by atoms with Crippen LogP contribution in [0, 0.1) is 20.8 Å². The molecule has 2 radical (unpaired) electrons. The van der Waals surface area contributed by atoms with Crippen LogP contribution in [0.25, 0.3) is 0 Å². The Labute approximate surface area is 70.7 Å². The van der Waals surface area contributed by atoms with Gasteiger partial charge in [0.05, 0.1) is 0 Å². The van der Waals surface area contributed by atoms with Crippen LogP contribution in [0.15, 0.2) is 12.1 Å². The maximum Gasteiger partial charge on any atom is 0.176 e. The summed E-state index contributed by atoms with van der Waals surface area (Å²) < 4.78 is 1.31. The monoisotopic (exact) mass is 146 g/mol. The first kappa shape index (κ1) is 7.86. The van der Waals surface area contributed by atoms with Crippen LogP contribution in [0.1, 0.15) is 16.7 Å². The molecule has 0 unspecified atom stereocenters. The molecule has 1 heteroatoms. The third-order valence-electron chi connectivity index (χ3n) is 1.88. The molecule has 0 saturated carbocycles. The van der Waals surface area contributed by atoms with Crippen molar-refractivity contribution in [1.29, 1.82) is 0 Å². The van der Waals surface area contributed by atoms with Crippen molar-refractivity contribution in [3.63, 3.8) is 0 Å². The highest BCUT2D eigenvalue weighted by molar-refractivity contribution is 6.33. The fourth-order valence-electron chi connectivity index (χ4n) is 0.983. The van der Waals surface area contributed by atoms with E-state index >= 15 is 0 Å². The molecule has 1 aromatic rings. The van der Waals surface area contributed by atoms with Crippen molar-refractivity contribution in [2.24, 2.45) is 0 Å². The van der Waals surface area contributed by atoms with Gasteiger partial charge in [0.1, 0.15) is 0 Å². The van der Waals surface area contributed by atoms with Crippen LogP contribution >= 0.6 is 0 Å². The Kier molecular flexibility index (Phi) is 2.18. The summed E-state index contributed by atoms with van der Waals surface area (Å²) in [6.07, 6.45) is 0. The molecule has 0 aliphatic carbocycles. The molecule has 0 N–H and O–H groups in total. The zero-order valence-electron chi connectivity index (χ0n) is 6.73. The molecule has 0 aliphatic rings. The van der Waals surface area contributed by atoms with E-state index in [-0.39, 0.29) is 0 Å². The van der Waals surface area contributed by atoms with Crippen molar-refractivity contribution in [2.75, 3.05) is 0 Å². The maximum absolute atomic E-state index is 2.74. The first-order valence-corrected chi connectivity index (χ1v) is 4.02. The molecule has 0 heterocycles. The van der Waals surface area contributed by atoms with Gasteiger partial charge in [0.25, 0.3) is 0 Å². The van der Waals surface area contributed by atoms with Crippen LogP contribution in [-0.2, 0) is 0 Å². The van der Waals surface area contributed by atoms with Gasteiger partial charge in [-0.05, 0) is 31.9 Å². The molecule has 50 valence electrons. The van der Waals surface area contributed by atoms with Gasteiger partial charge in [-0.25, -0.2) is 0 Å². The average Bonchev–Trinajstić information content (AvgIpc) is 1.84. The maximum atomic E-state index is 2.74. The third kappa shape index (κ3) is 1.42. The summed E-state index contributed by atoms with van der Waals surface area (Å²) in [7, 11) is 0. The van der Waals surface area contributed by atoms with E-state index in [1.54, 1.807) is 0 Å². The number of aryl methyl sites for hydroxylation is 3. The molecule has 10 heavy (non-hydrogen) atoms. The lowest BCUT2D eigenvalue weighted by Gasteiger charge is -2.05. The Morgan fingerprint density at radius 2 is 1.40 bits per heavy atom. The van der Waals surface area contributed by atoms with Crippen molar-refractivity contribution in [3.8, 4) is 0 Å². The van der Waals surface area contributed by atoms with Gasteiger partial charge in [-0.1, -0.05) is 17.7 Å². The summed E-state index contributed by atoms with van der Waals surface area (Å²) >= 11 is 2.74. The lowest BCUT2D eigenvalue weighted by atomic mass is 10.1. The number of hydrogen-bond donors (Lipinski definition) is 0. The quantitative estimate of drug-likeness (QED) is 0.485. The fraction of sp³-hybridized carbons (Fsp3) is 0.333. The molecular weight excluding hydrogens is 135 g/mol. The zero-order valence-corrected chi connectivity index (χ0v) is 7.89. The summed E-state index contributed by atoms with van der Waals surface area (Å²) in [5.41, 5.74) is 4.10. The molecule has 0 nitrogen and oxygen atoms in total. The highest BCUT2D eigenvalue weighted by Crippen LogP contribution is 2.05. The van der Waals surface area contributed by atoms with E-state index in [1.165, 1.54) is 21.1 Å². The molecule has 0 amide bonds. The van der Waals surface area contributed by atoms with Crippen molar-refractivity contribution in [3.05, 3.63) is 28.8 Å². The van der Waals surface area contributed by atoms with E-state index in [0.717, 1.165) is 0 Å². The topological polar surface area (TPSA) is 0 Å². The SMILES string of the molecule is Cc1cc(C)[c]([Al])cc1C. The summed E-state index contributed by atoms with van der Waals surface area (Å²) in [4.78, 5) is 0. The second-order valence-corrected chi connectivity index (χ2v) is 3.42. The third-order valence-corrected chi connectivity index (χ3v) is 2.50. The highest BCUT2D eigenvalue weighted by atomic mass is 27.0. The van der Waals surface area contributed by atoms with Crippen LogP contribution in [0.5, 0.6) is 0 Å². The van der Waals surface area contributed by atoms with Crippen molar-refractivity contribution in [2.45, 2.75) is 20.8 Å². The Balaban J connectivity index is 3.28. The Morgan fingerprint density at radius 1 is 0.900 bits per heavy atom. The van der Waals surface area contributed by atoms with E-state index in [9.17, 15) is 0 Å². The van der Waals surface area contributed by atoms with Crippen LogP contribution < -0.4 is 4.43 Å². The van der Waals surface area contributed by atoms with Gasteiger partial charge in [-0.3, -0.25) is 0 Å². The molecule has 0 aliphatic heterocycles. The number of hydrogen-bond acceptors (Lipinski definition) is 0. The van der Waals surface area contributed by atoms with Gasteiger partial charge in [-0.15, -0.1) is 4.43 Å². The molecular formula is C9H11Al. The average molecular weight is 146 g/mol. The molecule has 0 bridgehead atoms. The Bertz CT molecular complexity index is 201. The van der Waals surface area contributed by atoms with Crippen LogP contribution in [0.4, 0.5) is 0 Å². The second kappa shape index (κ2) is 2.78. The number of rotatable bonds is 0. The van der Waals surface area contributed by atoms with Gasteiger partial charge in [0.2, 0.25) is 0 Å². The van der Waals surface area contributed by atoms with Gasteiger partial charge in [0, 0.05) is 0 Å². The summed E-state index contributed by atoms with van der Waals surface area (Å²) in [6, 6.07) is 4.42. The normalized spacial score (nSPS) is 9.90. The molecule has 0 atom stereocenters. The Hall–Kier alpha value is -0.248. The zero-order chi connectivity index (χ0) is 7.72. The lowest BCUT2D eigenvalue weighted by Crippen LogP contribution is -2.07. The predicted octanol–water partition coefficient (Wildman–Crippen LogP) is 1.41. The van der Waals surface area contributed by atoms with E-state index < -0.39 is 0 Å². The van der Waals surface area contributed by atoms with Crippen LogP contribution in [0.2, 0.25) is 0 Å². The highest BCUT2D eigenvalue weighted by Gasteiger charge is 1.94. The standard InChI is InChI=1S/C9H11.Al/c1-7-4-5-8(2)9(3)6-7;/h5-6H,1-3H3;. The molecule has 0 aromatic heterocycles. The fourth-order valence-corrected chi connectivity index (χ4v) is 1.32. The van der Waals surface area contributed by atoms with Crippen molar-refractivity contribution >= 4 is 20.7 Å². The first-order valence-electron chi connectivity index (χ1n) is 3.44. The van der Waals surface area contributed by atoms with E-state index in [2.05, 4.69) is 49.2 Å². The van der Waals surface area contributed by atoms with E-state index in [0.29, 0.717) is 0 Å². The molecule has 0 fully saturated rings. The minimum atomic E-state index is 1.31. The van der Waals surface area contributed by atoms with E-state index in [4.69, 9.17) is 0 Å². The minimum Gasteiger partial charge on any atom is -0.136 e. The van der Waals surface area contributed by atoms with Crippen molar-refractivity contribution < 1.29 is 0 Å². The summed E-state index contributed by atoms with van der Waals surface area (Å²) in [5, 5.41) is 0. The van der Waals surface area contributed by atoms with Crippen LogP contribution in [0.3, 0.4) is 0 Å². The molecule has 0 spiro atoms. The summed E-state index contributed by atoms with van der Waals surface area (Å²) in [6.45, 7) is 6.42. The summed E-state index contributed by atoms with van der Waals surface area (Å²) in [5.74, 6) is 0. The van der Waals surface area contributed by atoms with Crippen molar-refractivity contribution in [1.82, 2.24) is 0 Å². The van der Waals surface area contributed by atoms with Gasteiger partial charge >= 0.3 is 0 Å². The van der Waals surface area contributed by atoms with E-state index in [1.807, 2.05) is 0 Å². The Morgan fingerprint density at radius 3 is 1.90 bits per heavy atom. The smallest absolute Gasteiger partial charge is 0.136 e. The van der Waals surface area contributed by atoms with Gasteiger partial charge in [0.15, 0.2) is 16.3 Å². The molecule has 1 aromatic carbocycles. The molecule has 1 rings (SSSR count). The predicted molar refractivity (Wildman–Crippen MR) is 46.0 cm³/mol. The van der Waals surface area contributed by atoms with Gasteiger partial charge in [-0.2, -0.15) is 0 Å². The largest absolute Gasteiger partial charge is 0.176 e. The first-order chi connectivity index (χ1) is 4.61. The minimum absolute atomic E-state index is 1.31. The second-order valence-electron chi connectivity index (χ2n) is 2.79. The lowest BCUT2D eigenvalue weighted by molar-refractivity contribution is 1.32. The molecule has 0 saturated heterocycles. The van der Waals surface area contributed by atoms with Crippen LogP contribution in [-0.4, -0.2) is 16.3 Å². The number of benzene rings is 1.